The zero-order chi connectivity index (χ0) is 46.5. The number of nitrogens with one attached hydrogen (secondary N) is 5. The van der Waals surface area contributed by atoms with E-state index in [-0.39, 0.29) is 25.2 Å². The Morgan fingerprint density at radius 2 is 1.26 bits per heavy atom. The zero-order valence-corrected chi connectivity index (χ0v) is 37.5. The predicted molar refractivity (Wildman–Crippen MR) is 230 cm³/mol. The van der Waals surface area contributed by atoms with Gasteiger partial charge in [-0.2, -0.15) is 0 Å². The summed E-state index contributed by atoms with van der Waals surface area (Å²) >= 11 is 0. The number of hydrogen-bond acceptors (Lipinski definition) is 12. The van der Waals surface area contributed by atoms with Crippen molar-refractivity contribution >= 4 is 41.4 Å². The molecule has 1 rings (SSSR count). The van der Waals surface area contributed by atoms with E-state index in [0.29, 0.717) is 25.8 Å². The van der Waals surface area contributed by atoms with Gasteiger partial charge in [0.25, 0.3) is 0 Å². The molecule has 62 heavy (non-hydrogen) atoms. The first-order chi connectivity index (χ1) is 29.5. The largest absolute Gasteiger partial charge is 0.480 e. The number of ether oxygens (including phenoxy) is 2. The fourth-order valence-electron chi connectivity index (χ4n) is 7.16. The lowest BCUT2D eigenvalue weighted by molar-refractivity contribution is -0.266. The van der Waals surface area contributed by atoms with E-state index in [1.165, 1.54) is 90.9 Å². The van der Waals surface area contributed by atoms with E-state index < -0.39 is 97.0 Å². The highest BCUT2D eigenvalue weighted by Gasteiger charge is 2.47. The number of aliphatic hydroxyl groups excluding tert-OH is 3. The van der Waals surface area contributed by atoms with Crippen LogP contribution in [-0.4, -0.2) is 130 Å². The number of unbranched alkanes of at least 4 members (excludes halogenated alkanes) is 15. The molecule has 0 aromatic carbocycles. The first-order valence-electron chi connectivity index (χ1n) is 22.8. The lowest BCUT2D eigenvalue weighted by Gasteiger charge is -2.43. The molecule has 0 aromatic heterocycles. The smallest absolute Gasteiger partial charge is 0.326 e. The number of aliphatic carboxylic acids is 1. The van der Waals surface area contributed by atoms with E-state index >= 15 is 0 Å². The summed E-state index contributed by atoms with van der Waals surface area (Å²) in [5.74, 6) is -5.26. The molecule has 11 N–H and O–H groups in total. The molecular formula is C43H78N6O13. The van der Waals surface area contributed by atoms with Crippen LogP contribution in [0.5, 0.6) is 0 Å². The van der Waals surface area contributed by atoms with Crippen LogP contribution in [0.4, 0.5) is 0 Å². The number of nitrogens with two attached hydrogens (primary N) is 1. The van der Waals surface area contributed by atoms with Gasteiger partial charge in [-0.05, 0) is 46.0 Å². The predicted octanol–water partition coefficient (Wildman–Crippen LogP) is 1.71. The molecule has 1 saturated heterocycles. The van der Waals surface area contributed by atoms with Crippen LogP contribution in [0.15, 0.2) is 0 Å². The van der Waals surface area contributed by atoms with Crippen molar-refractivity contribution in [2.45, 2.75) is 217 Å². The highest BCUT2D eigenvalue weighted by molar-refractivity contribution is 5.92. The van der Waals surface area contributed by atoms with Crippen LogP contribution < -0.4 is 32.3 Å². The molecule has 1 aliphatic heterocycles. The van der Waals surface area contributed by atoms with Crippen molar-refractivity contribution in [1.82, 2.24) is 26.6 Å². The highest BCUT2D eigenvalue weighted by atomic mass is 16.6. The van der Waals surface area contributed by atoms with E-state index in [4.69, 9.17) is 15.2 Å². The Morgan fingerprint density at radius 1 is 0.694 bits per heavy atom. The van der Waals surface area contributed by atoms with Crippen LogP contribution in [0, 0.1) is 0 Å². The molecule has 0 aromatic rings. The first-order valence-corrected chi connectivity index (χ1v) is 22.8. The van der Waals surface area contributed by atoms with Gasteiger partial charge in [0, 0.05) is 26.3 Å². The average Bonchev–Trinajstić information content (AvgIpc) is 3.22. The molecule has 1 unspecified atom stereocenters. The van der Waals surface area contributed by atoms with Crippen LogP contribution in [0.1, 0.15) is 163 Å². The Morgan fingerprint density at radius 3 is 1.77 bits per heavy atom. The van der Waals surface area contributed by atoms with Gasteiger partial charge >= 0.3 is 5.97 Å². The second kappa shape index (κ2) is 32.7. The molecule has 0 radical (unpaired) electrons. The van der Waals surface area contributed by atoms with Gasteiger partial charge in [0.2, 0.25) is 35.4 Å². The first kappa shape index (κ1) is 56.1. The fraction of sp³-hybridized carbons (Fsp3) is 0.837. The number of hydrogen-bond donors (Lipinski definition) is 10. The number of carboxylic acid groups (broad SMARTS) is 1. The van der Waals surface area contributed by atoms with Crippen molar-refractivity contribution in [2.75, 3.05) is 13.2 Å². The Bertz CT molecular complexity index is 1360. The second-order valence-corrected chi connectivity index (χ2v) is 16.4. The van der Waals surface area contributed by atoms with Gasteiger partial charge in [-0.15, -0.1) is 0 Å². The Hall–Kier alpha value is -3.91. The third kappa shape index (κ3) is 24.1. The van der Waals surface area contributed by atoms with E-state index in [1.54, 1.807) is 0 Å². The molecule has 0 aliphatic carbocycles. The number of carbonyl (C=O) groups is 7. The Labute approximate surface area is 367 Å². The van der Waals surface area contributed by atoms with Crippen LogP contribution in [0.2, 0.25) is 0 Å². The minimum atomic E-state index is -1.68. The summed E-state index contributed by atoms with van der Waals surface area (Å²) < 4.78 is 10.8. The van der Waals surface area contributed by atoms with Crippen molar-refractivity contribution in [1.29, 1.82) is 0 Å². The van der Waals surface area contributed by atoms with Gasteiger partial charge in [-0.3, -0.25) is 28.8 Å². The van der Waals surface area contributed by atoms with Crippen molar-refractivity contribution < 1.29 is 63.5 Å². The van der Waals surface area contributed by atoms with E-state index in [9.17, 15) is 54.0 Å². The Kier molecular flexibility index (Phi) is 29.6. The number of primary amides is 1. The monoisotopic (exact) mass is 887 g/mol. The van der Waals surface area contributed by atoms with Gasteiger partial charge in [0.05, 0.1) is 6.61 Å². The molecule has 1 fully saturated rings. The van der Waals surface area contributed by atoms with Gasteiger partial charge in [-0.1, -0.05) is 96.8 Å². The number of aliphatic hydroxyl groups is 3. The standard InChI is InChI=1S/C43H78N6O13/c1-5-6-7-8-9-10-11-12-13-14-15-16-17-18-19-23-34(52)45-26-21-20-22-32(42(58)59)48-35(53)25-24-31(39(44)55)49-40(56)28(2)46-41(57)29(3)61-38-36(47-30(4)51)43(60)62-33(27-50)37(38)54/h28-29,31-33,36-38,43,50,54,60H,5-27H2,1-4H3,(H2,44,55)(H,45,52)(H,46,57)(H,47,51)(H,48,53)(H,49,56)(H,58,59)/t28-,29+,31+,32-,33+,36+,37?,38+,43+/m0/s1. The summed E-state index contributed by atoms with van der Waals surface area (Å²) in [7, 11) is 0. The molecule has 0 spiro atoms. The van der Waals surface area contributed by atoms with Crippen molar-refractivity contribution in [3.63, 3.8) is 0 Å². The van der Waals surface area contributed by atoms with Crippen LogP contribution in [0.3, 0.4) is 0 Å². The summed E-state index contributed by atoms with van der Waals surface area (Å²) in [5.41, 5.74) is 5.45. The molecule has 19 nitrogen and oxygen atoms in total. The minimum Gasteiger partial charge on any atom is -0.480 e. The number of rotatable bonds is 35. The minimum absolute atomic E-state index is 0.0393. The molecule has 9 atom stereocenters. The van der Waals surface area contributed by atoms with Gasteiger partial charge < -0.3 is 62.2 Å². The summed E-state index contributed by atoms with van der Waals surface area (Å²) in [5, 5.41) is 52.5. The molecule has 0 saturated carbocycles. The molecule has 1 aliphatic rings. The number of amides is 6. The quantitative estimate of drug-likeness (QED) is 0.0406. The average molecular weight is 887 g/mol. The number of carboxylic acids is 1. The van der Waals surface area contributed by atoms with Crippen LogP contribution in [0.25, 0.3) is 0 Å². The topological polar surface area (TPSA) is 305 Å². The van der Waals surface area contributed by atoms with E-state index in [1.807, 2.05) is 0 Å². The van der Waals surface area contributed by atoms with E-state index in [0.717, 1.165) is 26.2 Å². The molecular weight excluding hydrogens is 809 g/mol. The van der Waals surface area contributed by atoms with E-state index in [2.05, 4.69) is 33.5 Å². The third-order valence-corrected chi connectivity index (χ3v) is 10.9. The summed E-state index contributed by atoms with van der Waals surface area (Å²) in [4.78, 5) is 86.4. The van der Waals surface area contributed by atoms with Crippen LogP contribution in [-0.2, 0) is 43.0 Å². The molecule has 6 amide bonds. The molecule has 358 valence electrons. The molecule has 19 heteroatoms. The van der Waals surface area contributed by atoms with Crippen molar-refractivity contribution in [3.05, 3.63) is 0 Å². The zero-order valence-electron chi connectivity index (χ0n) is 37.5. The SMILES string of the molecule is CCCCCCCCCCCCCCCCCC(=O)NCCCC[C@H](NC(=O)CC[C@@H](NC(=O)[C@H](C)NC(=O)[C@@H](C)O[C@H]1C(O)[C@@H](CO)O[C@@H](O)[C@@H]1NC(C)=O)C(N)=O)C(=O)O. The Balaban J connectivity index is 2.36. The van der Waals surface area contributed by atoms with Gasteiger partial charge in [0.15, 0.2) is 6.29 Å². The maximum Gasteiger partial charge on any atom is 0.326 e. The lowest BCUT2D eigenvalue weighted by atomic mass is 9.96. The molecule has 1 heterocycles. The summed E-state index contributed by atoms with van der Waals surface area (Å²) in [6.45, 7) is 5.65. The third-order valence-electron chi connectivity index (χ3n) is 10.9. The summed E-state index contributed by atoms with van der Waals surface area (Å²) in [6.07, 6.45) is 12.3. The van der Waals surface area contributed by atoms with Crippen molar-refractivity contribution in [3.8, 4) is 0 Å². The molecule has 0 bridgehead atoms. The van der Waals surface area contributed by atoms with Crippen LogP contribution >= 0.6 is 0 Å². The highest BCUT2D eigenvalue weighted by Crippen LogP contribution is 2.24. The number of carbonyl (C=O) groups excluding carboxylic acids is 6. The van der Waals surface area contributed by atoms with Crippen molar-refractivity contribution in [2.24, 2.45) is 5.73 Å². The maximum atomic E-state index is 12.9. The summed E-state index contributed by atoms with van der Waals surface area (Å²) in [6, 6.07) is -5.14. The normalized spacial score (nSPS) is 20.5. The lowest BCUT2D eigenvalue weighted by Crippen LogP contribution is -2.65. The van der Waals surface area contributed by atoms with Gasteiger partial charge in [-0.25, -0.2) is 4.79 Å². The maximum absolute atomic E-state index is 12.9. The van der Waals surface area contributed by atoms with Gasteiger partial charge in [0.1, 0.15) is 48.6 Å². The fourth-order valence-corrected chi connectivity index (χ4v) is 7.16. The second-order valence-electron chi connectivity index (χ2n) is 16.4.